The van der Waals surface area contributed by atoms with E-state index in [4.69, 9.17) is 11.6 Å². The molecule has 2 amide bonds. The maximum Gasteiger partial charge on any atom is 0.319 e. The van der Waals surface area contributed by atoms with Gasteiger partial charge in [-0.1, -0.05) is 17.7 Å². The SMILES string of the molecule is O=C(NCc1cccnc1)Nc1ccc(S(=O)(=O)Nc2ccc(Cl)cc2F)cc1. The number of nitrogens with one attached hydrogen (secondary N) is 3. The highest BCUT2D eigenvalue weighted by molar-refractivity contribution is 7.92. The number of sulfonamides is 1. The van der Waals surface area contributed by atoms with Crippen LogP contribution >= 0.6 is 11.6 Å². The molecule has 3 rings (SSSR count). The molecule has 3 N–H and O–H groups in total. The number of benzene rings is 2. The van der Waals surface area contributed by atoms with E-state index >= 15 is 0 Å². The van der Waals surface area contributed by atoms with Gasteiger partial charge in [-0.15, -0.1) is 0 Å². The van der Waals surface area contributed by atoms with Gasteiger partial charge in [0.15, 0.2) is 0 Å². The smallest absolute Gasteiger partial charge is 0.319 e. The van der Waals surface area contributed by atoms with E-state index in [1.165, 1.54) is 36.4 Å². The fraction of sp³-hybridized carbons (Fsp3) is 0.0526. The summed E-state index contributed by atoms with van der Waals surface area (Å²) < 4.78 is 40.8. The number of halogens is 2. The van der Waals surface area contributed by atoms with Gasteiger partial charge in [-0.05, 0) is 54.1 Å². The fourth-order valence-corrected chi connectivity index (χ4v) is 3.58. The van der Waals surface area contributed by atoms with Crippen LogP contribution in [0.5, 0.6) is 0 Å². The van der Waals surface area contributed by atoms with Gasteiger partial charge in [0.2, 0.25) is 0 Å². The van der Waals surface area contributed by atoms with Crippen LogP contribution in [0.1, 0.15) is 5.56 Å². The summed E-state index contributed by atoms with van der Waals surface area (Å²) in [6.45, 7) is 0.294. The molecule has 0 radical (unpaired) electrons. The molecule has 2 aromatic carbocycles. The van der Waals surface area contributed by atoms with E-state index in [2.05, 4.69) is 20.3 Å². The number of hydrogen-bond acceptors (Lipinski definition) is 4. The number of aromatic nitrogens is 1. The molecule has 0 aliphatic heterocycles. The van der Waals surface area contributed by atoms with Gasteiger partial charge in [-0.25, -0.2) is 17.6 Å². The molecule has 3 aromatic rings. The topological polar surface area (TPSA) is 100 Å². The summed E-state index contributed by atoms with van der Waals surface area (Å²) >= 11 is 5.66. The van der Waals surface area contributed by atoms with Gasteiger partial charge >= 0.3 is 6.03 Å². The van der Waals surface area contributed by atoms with Crippen molar-refractivity contribution in [1.82, 2.24) is 10.3 Å². The van der Waals surface area contributed by atoms with E-state index in [1.54, 1.807) is 18.5 Å². The van der Waals surface area contributed by atoms with Crippen LogP contribution in [0.2, 0.25) is 5.02 Å². The zero-order valence-corrected chi connectivity index (χ0v) is 16.5. The second kappa shape index (κ2) is 8.89. The molecule has 0 fully saturated rings. The van der Waals surface area contributed by atoms with Gasteiger partial charge in [-0.3, -0.25) is 9.71 Å². The lowest BCUT2D eigenvalue weighted by atomic mass is 10.3. The third kappa shape index (κ3) is 5.66. The van der Waals surface area contributed by atoms with Crippen LogP contribution in [0.25, 0.3) is 0 Å². The molecule has 1 heterocycles. The van der Waals surface area contributed by atoms with Crippen LogP contribution in [0.15, 0.2) is 71.9 Å². The summed E-state index contributed by atoms with van der Waals surface area (Å²) in [7, 11) is -4.01. The first-order chi connectivity index (χ1) is 13.8. The van der Waals surface area contributed by atoms with Crippen LogP contribution in [0.4, 0.5) is 20.6 Å². The Labute approximate surface area is 172 Å². The number of rotatable bonds is 6. The Hall–Kier alpha value is -3.17. The van der Waals surface area contributed by atoms with Crippen molar-refractivity contribution in [3.63, 3.8) is 0 Å². The first-order valence-corrected chi connectivity index (χ1v) is 10.2. The first kappa shape index (κ1) is 20.6. The molecule has 0 saturated carbocycles. The lowest BCUT2D eigenvalue weighted by Crippen LogP contribution is -2.28. The Balaban J connectivity index is 1.62. The number of hydrogen-bond donors (Lipinski definition) is 3. The number of nitrogens with zero attached hydrogens (tertiary/aromatic N) is 1. The minimum atomic E-state index is -4.01. The van der Waals surface area contributed by atoms with Gasteiger partial charge in [0, 0.05) is 29.6 Å². The van der Waals surface area contributed by atoms with Gasteiger partial charge in [0.05, 0.1) is 10.6 Å². The molecule has 7 nitrogen and oxygen atoms in total. The third-order valence-electron chi connectivity index (χ3n) is 3.77. The number of anilines is 2. The van der Waals surface area contributed by atoms with E-state index in [-0.39, 0.29) is 15.6 Å². The highest BCUT2D eigenvalue weighted by atomic mass is 35.5. The van der Waals surface area contributed by atoms with Crippen molar-refractivity contribution >= 4 is 39.0 Å². The van der Waals surface area contributed by atoms with Crippen molar-refractivity contribution in [3.8, 4) is 0 Å². The second-order valence-electron chi connectivity index (χ2n) is 5.92. The van der Waals surface area contributed by atoms with Crippen LogP contribution < -0.4 is 15.4 Å². The fourth-order valence-electron chi connectivity index (χ4n) is 2.35. The van der Waals surface area contributed by atoms with Crippen LogP contribution in [0, 0.1) is 5.82 Å². The number of urea groups is 1. The molecule has 0 aliphatic rings. The van der Waals surface area contributed by atoms with Gasteiger partial charge < -0.3 is 10.6 Å². The largest absolute Gasteiger partial charge is 0.334 e. The molecular weight excluding hydrogens is 419 g/mol. The summed E-state index contributed by atoms with van der Waals surface area (Å²) in [6, 6.07) is 12.2. The predicted molar refractivity (Wildman–Crippen MR) is 109 cm³/mol. The van der Waals surface area contributed by atoms with Gasteiger partial charge in [-0.2, -0.15) is 0 Å². The number of pyridine rings is 1. The van der Waals surface area contributed by atoms with Crippen LogP contribution in [-0.2, 0) is 16.6 Å². The molecule has 1 aromatic heterocycles. The Bertz CT molecular complexity index is 1110. The molecule has 0 saturated heterocycles. The molecule has 0 bridgehead atoms. The molecule has 150 valence electrons. The highest BCUT2D eigenvalue weighted by Crippen LogP contribution is 2.23. The quantitative estimate of drug-likeness (QED) is 0.546. The predicted octanol–water partition coefficient (Wildman–Crippen LogP) is 4.00. The molecule has 0 spiro atoms. The maximum absolute atomic E-state index is 13.8. The molecule has 0 unspecified atom stereocenters. The van der Waals surface area contributed by atoms with Crippen LogP contribution in [-0.4, -0.2) is 19.4 Å². The van der Waals surface area contributed by atoms with E-state index in [0.717, 1.165) is 11.6 Å². The second-order valence-corrected chi connectivity index (χ2v) is 8.04. The monoisotopic (exact) mass is 434 g/mol. The first-order valence-electron chi connectivity index (χ1n) is 8.35. The Morgan fingerprint density at radius 2 is 1.86 bits per heavy atom. The summed E-state index contributed by atoms with van der Waals surface area (Å²) in [5.74, 6) is -0.787. The zero-order chi connectivity index (χ0) is 20.9. The number of carbonyl (C=O) groups is 1. The summed E-state index contributed by atoms with van der Waals surface area (Å²) in [5, 5.41) is 5.41. The lowest BCUT2D eigenvalue weighted by Gasteiger charge is -2.11. The Morgan fingerprint density at radius 3 is 2.52 bits per heavy atom. The van der Waals surface area contributed by atoms with E-state index < -0.39 is 21.9 Å². The molecule has 10 heteroatoms. The Morgan fingerprint density at radius 1 is 1.10 bits per heavy atom. The maximum atomic E-state index is 13.8. The van der Waals surface area contributed by atoms with Gasteiger partial charge in [0.25, 0.3) is 10.0 Å². The lowest BCUT2D eigenvalue weighted by molar-refractivity contribution is 0.251. The Kier molecular flexibility index (Phi) is 6.30. The van der Waals surface area contributed by atoms with Crippen molar-refractivity contribution in [3.05, 3.63) is 83.4 Å². The minimum absolute atomic E-state index is 0.0897. The van der Waals surface area contributed by atoms with Crippen LogP contribution in [0.3, 0.4) is 0 Å². The third-order valence-corrected chi connectivity index (χ3v) is 5.39. The number of carbonyl (C=O) groups excluding carboxylic acids is 1. The molecule has 0 atom stereocenters. The summed E-state index contributed by atoms with van der Waals surface area (Å²) in [4.78, 5) is 15.8. The highest BCUT2D eigenvalue weighted by Gasteiger charge is 2.16. The standard InChI is InChI=1S/C19H16ClFN4O3S/c20-14-3-8-18(17(21)10-14)25-29(27,28)16-6-4-15(5-7-16)24-19(26)23-12-13-2-1-9-22-11-13/h1-11,25H,12H2,(H2,23,24,26). The van der Waals surface area contributed by atoms with E-state index in [0.29, 0.717) is 12.2 Å². The normalized spacial score (nSPS) is 11.0. The van der Waals surface area contributed by atoms with Crippen molar-refractivity contribution in [1.29, 1.82) is 0 Å². The molecule has 0 aliphatic carbocycles. The van der Waals surface area contributed by atoms with E-state index in [9.17, 15) is 17.6 Å². The zero-order valence-electron chi connectivity index (χ0n) is 14.9. The molecular formula is C19H16ClFN4O3S. The minimum Gasteiger partial charge on any atom is -0.334 e. The average molecular weight is 435 g/mol. The summed E-state index contributed by atoms with van der Waals surface area (Å²) in [6.07, 6.45) is 3.27. The average Bonchev–Trinajstić information content (AvgIpc) is 2.70. The molecule has 29 heavy (non-hydrogen) atoms. The van der Waals surface area contributed by atoms with Crippen molar-refractivity contribution in [2.75, 3.05) is 10.0 Å². The van der Waals surface area contributed by atoms with Crippen molar-refractivity contribution in [2.24, 2.45) is 0 Å². The van der Waals surface area contributed by atoms with Crippen molar-refractivity contribution < 1.29 is 17.6 Å². The van der Waals surface area contributed by atoms with Gasteiger partial charge in [0.1, 0.15) is 5.82 Å². The summed E-state index contributed by atoms with van der Waals surface area (Å²) in [5.41, 5.74) is 1.02. The number of amides is 2. The van der Waals surface area contributed by atoms with Crippen molar-refractivity contribution in [2.45, 2.75) is 11.4 Å². The van der Waals surface area contributed by atoms with E-state index in [1.807, 2.05) is 6.07 Å².